The standard InChI is InChI=1S/C16H23BrN2O.ClH/c1-2-11-19(14-7-9-18-10-8-14)16(20)12-13-5-3-4-6-15(13)17;/h3-6,14,18H,2,7-12H2,1H3;1H. The van der Waals surface area contributed by atoms with E-state index in [1.165, 1.54) is 0 Å². The largest absolute Gasteiger partial charge is 0.339 e. The third kappa shape index (κ3) is 5.28. The van der Waals surface area contributed by atoms with E-state index in [2.05, 4.69) is 33.1 Å². The smallest absolute Gasteiger partial charge is 0.227 e. The summed E-state index contributed by atoms with van der Waals surface area (Å²) in [6.07, 6.45) is 3.65. The number of amides is 1. The van der Waals surface area contributed by atoms with Gasteiger partial charge in [0.2, 0.25) is 5.91 Å². The zero-order valence-electron chi connectivity index (χ0n) is 12.5. The molecule has 1 fully saturated rings. The molecule has 0 bridgehead atoms. The van der Waals surface area contributed by atoms with Gasteiger partial charge in [-0.3, -0.25) is 4.79 Å². The van der Waals surface area contributed by atoms with Crippen LogP contribution in [-0.4, -0.2) is 36.5 Å². The van der Waals surface area contributed by atoms with Gasteiger partial charge in [-0.25, -0.2) is 0 Å². The molecule has 0 aliphatic carbocycles. The van der Waals surface area contributed by atoms with Gasteiger partial charge in [0.1, 0.15) is 0 Å². The minimum Gasteiger partial charge on any atom is -0.339 e. The van der Waals surface area contributed by atoms with Crippen LogP contribution in [0.3, 0.4) is 0 Å². The minimum atomic E-state index is 0. The van der Waals surface area contributed by atoms with E-state index in [1.54, 1.807) is 0 Å². The molecular formula is C16H24BrClN2O. The van der Waals surface area contributed by atoms with Crippen LogP contribution in [0.15, 0.2) is 28.7 Å². The summed E-state index contributed by atoms with van der Waals surface area (Å²) in [4.78, 5) is 14.7. The average Bonchev–Trinajstić information content (AvgIpc) is 2.48. The zero-order valence-corrected chi connectivity index (χ0v) is 14.9. The van der Waals surface area contributed by atoms with Crippen molar-refractivity contribution in [2.45, 2.75) is 38.6 Å². The molecule has 3 nitrogen and oxygen atoms in total. The van der Waals surface area contributed by atoms with Crippen LogP contribution in [0.2, 0.25) is 0 Å². The van der Waals surface area contributed by atoms with E-state index in [-0.39, 0.29) is 18.3 Å². The van der Waals surface area contributed by atoms with E-state index in [0.29, 0.717) is 12.5 Å². The third-order valence-corrected chi connectivity index (χ3v) is 4.61. The molecule has 1 aromatic carbocycles. The third-order valence-electron chi connectivity index (χ3n) is 3.83. The van der Waals surface area contributed by atoms with Gasteiger partial charge in [0.05, 0.1) is 6.42 Å². The molecule has 1 N–H and O–H groups in total. The average molecular weight is 376 g/mol. The lowest BCUT2D eigenvalue weighted by molar-refractivity contribution is -0.133. The van der Waals surface area contributed by atoms with Crippen molar-refractivity contribution in [1.29, 1.82) is 0 Å². The van der Waals surface area contributed by atoms with Crippen molar-refractivity contribution in [3.63, 3.8) is 0 Å². The number of benzene rings is 1. The molecule has 0 radical (unpaired) electrons. The first kappa shape index (κ1) is 18.5. The van der Waals surface area contributed by atoms with Crippen molar-refractivity contribution in [3.05, 3.63) is 34.3 Å². The summed E-state index contributed by atoms with van der Waals surface area (Å²) in [5.41, 5.74) is 1.08. The van der Waals surface area contributed by atoms with E-state index < -0.39 is 0 Å². The first-order chi connectivity index (χ1) is 9.72. The van der Waals surface area contributed by atoms with Crippen LogP contribution in [0.1, 0.15) is 31.7 Å². The van der Waals surface area contributed by atoms with Gasteiger partial charge in [-0.1, -0.05) is 41.1 Å². The zero-order chi connectivity index (χ0) is 14.4. The monoisotopic (exact) mass is 374 g/mol. The lowest BCUT2D eigenvalue weighted by Crippen LogP contribution is -2.47. The van der Waals surface area contributed by atoms with Crippen LogP contribution < -0.4 is 5.32 Å². The fraction of sp³-hybridized carbons (Fsp3) is 0.562. The number of hydrogen-bond acceptors (Lipinski definition) is 2. The second-order valence-corrected chi connectivity index (χ2v) is 6.19. The topological polar surface area (TPSA) is 32.3 Å². The lowest BCUT2D eigenvalue weighted by atomic mass is 10.0. The highest BCUT2D eigenvalue weighted by molar-refractivity contribution is 9.10. The van der Waals surface area contributed by atoms with Crippen LogP contribution in [0.5, 0.6) is 0 Å². The Balaban J connectivity index is 0.00000220. The molecule has 5 heteroatoms. The van der Waals surface area contributed by atoms with Gasteiger partial charge in [-0.15, -0.1) is 12.4 Å². The Morgan fingerprint density at radius 2 is 2.00 bits per heavy atom. The summed E-state index contributed by atoms with van der Waals surface area (Å²) in [6.45, 7) is 5.05. The van der Waals surface area contributed by atoms with Gasteiger partial charge >= 0.3 is 0 Å². The number of hydrogen-bond donors (Lipinski definition) is 1. The fourth-order valence-corrected chi connectivity index (χ4v) is 3.20. The molecule has 118 valence electrons. The summed E-state index contributed by atoms with van der Waals surface area (Å²) >= 11 is 3.53. The number of carbonyl (C=O) groups excluding carboxylic acids is 1. The molecule has 0 spiro atoms. The van der Waals surface area contributed by atoms with Crippen molar-refractivity contribution < 1.29 is 4.79 Å². The predicted molar refractivity (Wildman–Crippen MR) is 93.0 cm³/mol. The van der Waals surface area contributed by atoms with Gasteiger partial charge in [0.15, 0.2) is 0 Å². The molecule has 1 aromatic rings. The molecule has 0 atom stereocenters. The Labute approximate surface area is 142 Å². The summed E-state index contributed by atoms with van der Waals surface area (Å²) in [5.74, 6) is 0.255. The maximum absolute atomic E-state index is 12.6. The number of nitrogens with zero attached hydrogens (tertiary/aromatic N) is 1. The van der Waals surface area contributed by atoms with E-state index in [1.807, 2.05) is 24.3 Å². The van der Waals surface area contributed by atoms with E-state index in [0.717, 1.165) is 48.9 Å². The maximum Gasteiger partial charge on any atom is 0.227 e. The molecule has 0 unspecified atom stereocenters. The van der Waals surface area contributed by atoms with Gasteiger partial charge in [0, 0.05) is 17.1 Å². The molecule has 1 saturated heterocycles. The van der Waals surface area contributed by atoms with Crippen molar-refractivity contribution in [2.24, 2.45) is 0 Å². The van der Waals surface area contributed by atoms with Crippen molar-refractivity contribution in [2.75, 3.05) is 19.6 Å². The van der Waals surface area contributed by atoms with E-state index >= 15 is 0 Å². The highest BCUT2D eigenvalue weighted by Crippen LogP contribution is 2.19. The van der Waals surface area contributed by atoms with Crippen molar-refractivity contribution >= 4 is 34.2 Å². The molecule has 2 rings (SSSR count). The molecule has 1 aliphatic rings. The maximum atomic E-state index is 12.6. The van der Waals surface area contributed by atoms with Gasteiger partial charge in [-0.2, -0.15) is 0 Å². The molecular weight excluding hydrogens is 352 g/mol. The second-order valence-electron chi connectivity index (χ2n) is 5.34. The van der Waals surface area contributed by atoms with Crippen molar-refractivity contribution in [3.8, 4) is 0 Å². The quantitative estimate of drug-likeness (QED) is 0.855. The fourth-order valence-electron chi connectivity index (χ4n) is 2.78. The number of piperidine rings is 1. The van der Waals surface area contributed by atoms with Crippen LogP contribution in [0.25, 0.3) is 0 Å². The predicted octanol–water partition coefficient (Wildman–Crippen LogP) is 3.40. The summed E-state index contributed by atoms with van der Waals surface area (Å²) < 4.78 is 1.02. The molecule has 1 heterocycles. The summed E-state index contributed by atoms with van der Waals surface area (Å²) in [6, 6.07) is 8.40. The molecule has 21 heavy (non-hydrogen) atoms. The molecule has 1 amide bonds. The van der Waals surface area contributed by atoms with Crippen LogP contribution in [0, 0.1) is 0 Å². The Morgan fingerprint density at radius 1 is 1.33 bits per heavy atom. The van der Waals surface area contributed by atoms with E-state index in [9.17, 15) is 4.79 Å². The Morgan fingerprint density at radius 3 is 2.62 bits per heavy atom. The Bertz CT molecular complexity index is 450. The molecule has 0 saturated carbocycles. The number of carbonyl (C=O) groups is 1. The Kier molecular flexibility index (Phi) is 8.30. The highest BCUT2D eigenvalue weighted by Gasteiger charge is 2.24. The number of nitrogens with one attached hydrogen (secondary N) is 1. The number of halogens is 2. The van der Waals surface area contributed by atoms with Gasteiger partial charge in [0.25, 0.3) is 0 Å². The molecule has 0 aromatic heterocycles. The molecule has 1 aliphatic heterocycles. The summed E-state index contributed by atoms with van der Waals surface area (Å²) in [5, 5.41) is 3.36. The highest BCUT2D eigenvalue weighted by atomic mass is 79.9. The first-order valence-electron chi connectivity index (χ1n) is 7.46. The number of rotatable bonds is 5. The second kappa shape index (κ2) is 9.44. The van der Waals surface area contributed by atoms with Crippen LogP contribution in [-0.2, 0) is 11.2 Å². The SMILES string of the molecule is CCCN(C(=O)Cc1ccccc1Br)C1CCNCC1.Cl. The first-order valence-corrected chi connectivity index (χ1v) is 8.25. The Hall–Kier alpha value is -0.580. The van der Waals surface area contributed by atoms with Crippen molar-refractivity contribution in [1.82, 2.24) is 10.2 Å². The summed E-state index contributed by atoms with van der Waals surface area (Å²) in [7, 11) is 0. The van der Waals surface area contributed by atoms with Crippen LogP contribution >= 0.6 is 28.3 Å². The van der Waals surface area contributed by atoms with Crippen LogP contribution in [0.4, 0.5) is 0 Å². The lowest BCUT2D eigenvalue weighted by Gasteiger charge is -2.34. The minimum absolute atomic E-state index is 0. The van der Waals surface area contributed by atoms with Gasteiger partial charge in [-0.05, 0) is 44.0 Å². The normalized spacial score (nSPS) is 15.3. The van der Waals surface area contributed by atoms with Gasteiger partial charge < -0.3 is 10.2 Å². The van der Waals surface area contributed by atoms with E-state index in [4.69, 9.17) is 0 Å².